The van der Waals surface area contributed by atoms with Gasteiger partial charge in [0.15, 0.2) is 6.61 Å². The number of nitrogens with one attached hydrogen (secondary N) is 1. The zero-order valence-electron chi connectivity index (χ0n) is 14.4. The summed E-state index contributed by atoms with van der Waals surface area (Å²) in [6.45, 7) is 4.00. The summed E-state index contributed by atoms with van der Waals surface area (Å²) in [7, 11) is 0. The number of benzene rings is 1. The standard InChI is InChI=1S/C17H23ClN2O5/c1-3-24-17(23)8-10-20(11-9-19-13(2)21)16(22)12-25-15-6-4-14(18)5-7-15/h4-7H,3,8-12H2,1-2H3,(H,19,21). The van der Waals surface area contributed by atoms with Crippen LogP contribution in [0.2, 0.25) is 5.02 Å². The Bertz CT molecular complexity index is 577. The Balaban J connectivity index is 2.55. The first-order valence-corrected chi connectivity index (χ1v) is 8.36. The molecule has 0 bridgehead atoms. The van der Waals surface area contributed by atoms with Gasteiger partial charge in [-0.2, -0.15) is 0 Å². The van der Waals surface area contributed by atoms with Crippen LogP contribution in [-0.2, 0) is 19.1 Å². The van der Waals surface area contributed by atoms with Crippen LogP contribution in [0.5, 0.6) is 5.75 Å². The fraction of sp³-hybridized carbons (Fsp3) is 0.471. The van der Waals surface area contributed by atoms with Crippen LogP contribution in [0.25, 0.3) is 0 Å². The average Bonchev–Trinajstić information content (AvgIpc) is 2.57. The van der Waals surface area contributed by atoms with Crippen molar-refractivity contribution in [2.24, 2.45) is 0 Å². The van der Waals surface area contributed by atoms with Crippen LogP contribution in [0.3, 0.4) is 0 Å². The molecule has 1 rings (SSSR count). The molecule has 7 nitrogen and oxygen atoms in total. The maximum absolute atomic E-state index is 12.3. The van der Waals surface area contributed by atoms with E-state index in [0.29, 0.717) is 23.9 Å². The summed E-state index contributed by atoms with van der Waals surface area (Å²) in [6.07, 6.45) is 0.0839. The van der Waals surface area contributed by atoms with Crippen molar-refractivity contribution >= 4 is 29.4 Å². The van der Waals surface area contributed by atoms with Gasteiger partial charge in [0.2, 0.25) is 5.91 Å². The molecule has 2 amide bonds. The average molecular weight is 371 g/mol. The quantitative estimate of drug-likeness (QED) is 0.633. The highest BCUT2D eigenvalue weighted by atomic mass is 35.5. The summed E-state index contributed by atoms with van der Waals surface area (Å²) in [5.41, 5.74) is 0. The Morgan fingerprint density at radius 1 is 1.16 bits per heavy atom. The zero-order valence-corrected chi connectivity index (χ0v) is 15.2. The molecule has 0 spiro atoms. The number of carbonyl (C=O) groups is 3. The largest absolute Gasteiger partial charge is 0.484 e. The van der Waals surface area contributed by atoms with Crippen molar-refractivity contribution in [3.05, 3.63) is 29.3 Å². The number of esters is 1. The summed E-state index contributed by atoms with van der Waals surface area (Å²) in [5, 5.41) is 3.19. The molecule has 0 atom stereocenters. The molecule has 0 aliphatic carbocycles. The molecule has 0 aliphatic heterocycles. The SMILES string of the molecule is CCOC(=O)CCN(CCNC(C)=O)C(=O)COc1ccc(Cl)cc1. The molecule has 138 valence electrons. The van der Waals surface area contributed by atoms with Crippen molar-refractivity contribution in [3.63, 3.8) is 0 Å². The van der Waals surface area contributed by atoms with Crippen LogP contribution in [0.15, 0.2) is 24.3 Å². The molecule has 0 saturated heterocycles. The van der Waals surface area contributed by atoms with E-state index in [0.717, 1.165) is 0 Å². The van der Waals surface area contributed by atoms with Crippen LogP contribution < -0.4 is 10.1 Å². The van der Waals surface area contributed by atoms with E-state index in [-0.39, 0.29) is 43.9 Å². The Morgan fingerprint density at radius 2 is 1.84 bits per heavy atom. The highest BCUT2D eigenvalue weighted by molar-refractivity contribution is 6.30. The lowest BCUT2D eigenvalue weighted by molar-refractivity contribution is -0.144. The van der Waals surface area contributed by atoms with Crippen molar-refractivity contribution in [2.45, 2.75) is 20.3 Å². The van der Waals surface area contributed by atoms with Crippen molar-refractivity contribution in [2.75, 3.05) is 32.8 Å². The number of nitrogens with zero attached hydrogens (tertiary/aromatic N) is 1. The number of rotatable bonds is 10. The minimum Gasteiger partial charge on any atom is -0.484 e. The fourth-order valence-corrected chi connectivity index (χ4v) is 2.08. The molecule has 0 aromatic heterocycles. The topological polar surface area (TPSA) is 84.9 Å². The van der Waals surface area contributed by atoms with E-state index >= 15 is 0 Å². The molecule has 1 aromatic rings. The van der Waals surface area contributed by atoms with Gasteiger partial charge < -0.3 is 19.7 Å². The molecule has 0 fully saturated rings. The van der Waals surface area contributed by atoms with E-state index in [4.69, 9.17) is 21.1 Å². The van der Waals surface area contributed by atoms with Gasteiger partial charge in [-0.25, -0.2) is 0 Å². The van der Waals surface area contributed by atoms with Crippen molar-refractivity contribution in [1.82, 2.24) is 10.2 Å². The summed E-state index contributed by atoms with van der Waals surface area (Å²) < 4.78 is 10.3. The maximum atomic E-state index is 12.3. The highest BCUT2D eigenvalue weighted by Crippen LogP contribution is 2.15. The number of carbonyl (C=O) groups excluding carboxylic acids is 3. The molecule has 1 aromatic carbocycles. The second kappa shape index (κ2) is 11.3. The number of ether oxygens (including phenoxy) is 2. The Kier molecular flexibility index (Phi) is 9.39. The van der Waals surface area contributed by atoms with Gasteiger partial charge in [0.05, 0.1) is 13.0 Å². The van der Waals surface area contributed by atoms with E-state index in [1.807, 2.05) is 0 Å². The minimum absolute atomic E-state index is 0.0839. The summed E-state index contributed by atoms with van der Waals surface area (Å²) >= 11 is 5.80. The van der Waals surface area contributed by atoms with Gasteiger partial charge >= 0.3 is 5.97 Å². The van der Waals surface area contributed by atoms with Gasteiger partial charge in [0, 0.05) is 31.6 Å². The highest BCUT2D eigenvalue weighted by Gasteiger charge is 2.16. The first-order chi connectivity index (χ1) is 11.9. The van der Waals surface area contributed by atoms with Crippen LogP contribution >= 0.6 is 11.6 Å². The Morgan fingerprint density at radius 3 is 2.44 bits per heavy atom. The van der Waals surface area contributed by atoms with Gasteiger partial charge in [-0.3, -0.25) is 14.4 Å². The third-order valence-electron chi connectivity index (χ3n) is 3.18. The van der Waals surface area contributed by atoms with Gasteiger partial charge in [-0.05, 0) is 31.2 Å². The summed E-state index contributed by atoms with van der Waals surface area (Å²) in [6, 6.07) is 6.65. The molecule has 8 heteroatoms. The lowest BCUT2D eigenvalue weighted by Crippen LogP contribution is -2.41. The molecule has 0 radical (unpaired) electrons. The predicted octanol–water partition coefficient (Wildman–Crippen LogP) is 1.64. The lowest BCUT2D eigenvalue weighted by atomic mass is 10.3. The molecule has 25 heavy (non-hydrogen) atoms. The fourth-order valence-electron chi connectivity index (χ4n) is 1.95. The number of amides is 2. The van der Waals surface area contributed by atoms with Gasteiger partial charge in [0.25, 0.3) is 5.91 Å². The monoisotopic (exact) mass is 370 g/mol. The summed E-state index contributed by atoms with van der Waals surface area (Å²) in [4.78, 5) is 36.3. The van der Waals surface area contributed by atoms with E-state index in [1.54, 1.807) is 31.2 Å². The second-order valence-electron chi connectivity index (χ2n) is 5.16. The molecule has 1 N–H and O–H groups in total. The van der Waals surface area contributed by atoms with Crippen molar-refractivity contribution in [1.29, 1.82) is 0 Å². The third kappa shape index (κ3) is 8.95. The molecular formula is C17H23ClN2O5. The van der Waals surface area contributed by atoms with Crippen LogP contribution in [0.1, 0.15) is 20.3 Å². The van der Waals surface area contributed by atoms with Crippen molar-refractivity contribution in [3.8, 4) is 5.75 Å². The smallest absolute Gasteiger partial charge is 0.307 e. The molecular weight excluding hydrogens is 348 g/mol. The van der Waals surface area contributed by atoms with E-state index < -0.39 is 0 Å². The molecule has 0 aliphatic rings. The molecule has 0 unspecified atom stereocenters. The predicted molar refractivity (Wildman–Crippen MR) is 93.5 cm³/mol. The van der Waals surface area contributed by atoms with E-state index in [1.165, 1.54) is 11.8 Å². The first kappa shape index (κ1) is 20.8. The van der Waals surface area contributed by atoms with Crippen LogP contribution in [0.4, 0.5) is 0 Å². The van der Waals surface area contributed by atoms with Crippen LogP contribution in [-0.4, -0.2) is 55.5 Å². The third-order valence-corrected chi connectivity index (χ3v) is 3.43. The Labute approximate surface area is 152 Å². The first-order valence-electron chi connectivity index (χ1n) is 7.98. The number of hydrogen-bond donors (Lipinski definition) is 1. The van der Waals surface area contributed by atoms with E-state index in [9.17, 15) is 14.4 Å². The number of halogens is 1. The van der Waals surface area contributed by atoms with E-state index in [2.05, 4.69) is 5.32 Å². The minimum atomic E-state index is -0.376. The molecule has 0 heterocycles. The normalized spacial score (nSPS) is 10.0. The van der Waals surface area contributed by atoms with Gasteiger partial charge in [-0.1, -0.05) is 11.6 Å². The zero-order chi connectivity index (χ0) is 18.7. The molecule has 0 saturated carbocycles. The Hall–Kier alpha value is -2.28. The van der Waals surface area contributed by atoms with Crippen molar-refractivity contribution < 1.29 is 23.9 Å². The van der Waals surface area contributed by atoms with Crippen LogP contribution in [0, 0.1) is 0 Å². The van der Waals surface area contributed by atoms with Gasteiger partial charge in [-0.15, -0.1) is 0 Å². The lowest BCUT2D eigenvalue weighted by Gasteiger charge is -2.22. The maximum Gasteiger partial charge on any atom is 0.307 e. The second-order valence-corrected chi connectivity index (χ2v) is 5.60. The summed E-state index contributed by atoms with van der Waals surface area (Å²) in [5.74, 6) is -0.330. The van der Waals surface area contributed by atoms with Gasteiger partial charge in [0.1, 0.15) is 5.75 Å². The number of hydrogen-bond acceptors (Lipinski definition) is 5.